The summed E-state index contributed by atoms with van der Waals surface area (Å²) in [6, 6.07) is 4.28. The first kappa shape index (κ1) is 40.3. The van der Waals surface area contributed by atoms with Crippen molar-refractivity contribution in [3.05, 3.63) is 24.2 Å². The van der Waals surface area contributed by atoms with Gasteiger partial charge in [-0.2, -0.15) is 10.4 Å². The average molecular weight is 790 g/mol. The lowest BCUT2D eigenvalue weighted by Gasteiger charge is -2.51. The third-order valence-electron chi connectivity index (χ3n) is 9.73. The van der Waals surface area contributed by atoms with Gasteiger partial charge in [0.1, 0.15) is 41.8 Å². The largest absolute Gasteiger partial charge is 0.453 e. The molecule has 0 unspecified atom stereocenters. The number of hydrogen-bond acceptors (Lipinski definition) is 12. The predicted molar refractivity (Wildman–Crippen MR) is 209 cm³/mol. The van der Waals surface area contributed by atoms with E-state index < -0.39 is 77.2 Å². The molecule has 4 rings (SSSR count). The van der Waals surface area contributed by atoms with Gasteiger partial charge in [-0.25, -0.2) is 24.1 Å². The molecule has 300 valence electrons. The fourth-order valence-corrected chi connectivity index (χ4v) is 17.8. The fraction of sp³-hybridized carbons (Fsp3) is 0.730. The molecule has 17 heteroatoms. The molecule has 2 aromatic heterocycles. The van der Waals surface area contributed by atoms with Crippen LogP contribution in [0.2, 0.25) is 22.2 Å². The van der Waals surface area contributed by atoms with Crippen molar-refractivity contribution in [2.45, 2.75) is 148 Å². The average Bonchev–Trinajstić information content (AvgIpc) is 3.63. The molecule has 54 heavy (non-hydrogen) atoms. The van der Waals surface area contributed by atoms with E-state index in [1.807, 2.05) is 69.5 Å². The normalized spacial score (nSPS) is 26.3. The minimum atomic E-state index is -3.52. The number of carbonyl (C=O) groups is 2. The van der Waals surface area contributed by atoms with Crippen LogP contribution in [0.25, 0.3) is 5.52 Å². The number of amides is 1. The highest BCUT2D eigenvalue weighted by molar-refractivity contribution is 6.84. The molecule has 0 saturated carbocycles. The second kappa shape index (κ2) is 16.4. The molecule has 1 amide bonds. The molecule has 2 aliphatic heterocycles. The Morgan fingerprint density at radius 3 is 2.22 bits per heavy atom. The number of aromatic nitrogens is 3. The number of esters is 1. The zero-order chi connectivity index (χ0) is 42.3. The highest BCUT2D eigenvalue weighted by atomic mass is 28.5. The van der Waals surface area contributed by atoms with E-state index in [2.05, 4.69) is 26.5 Å². The number of nitrogens with zero attached hydrogens (tertiary/aromatic N) is 6. The smallest absolute Gasteiger partial charge is 0.408 e. The second-order valence-electron chi connectivity index (χ2n) is 16.9. The molecule has 0 spiro atoms. The zero-order valence-corrected chi connectivity index (χ0v) is 36.5. The number of rotatable bonds is 11. The summed E-state index contributed by atoms with van der Waals surface area (Å²) < 4.78 is 60.5. The van der Waals surface area contributed by atoms with Gasteiger partial charge >= 0.3 is 29.2 Å². The summed E-state index contributed by atoms with van der Waals surface area (Å²) in [7, 11) is -3.42. The minimum absolute atomic E-state index is 0.113. The molecule has 0 radical (unpaired) electrons. The SMILES string of the molecule is [2H]C1([2H])O[Si](C(C)C)(C(C)C)O[Si](C(C)C)(C(C)C)O[C@H]2[C@@H](OC(=O)[C@@H](NC(=O)OC(C)(C)C)C(C)C)[C@](C#N)(c3ccc4c(N=CN(C)C)ncnn34)O[C@@H]21. The van der Waals surface area contributed by atoms with Crippen molar-refractivity contribution in [3.63, 3.8) is 0 Å². The van der Waals surface area contributed by atoms with Gasteiger partial charge in [-0.1, -0.05) is 69.2 Å². The number of fused-ring (bicyclic) bond motifs is 2. The Bertz CT molecular complexity index is 1790. The number of hydrogen-bond donors (Lipinski definition) is 1. The van der Waals surface area contributed by atoms with Crippen LogP contribution >= 0.6 is 0 Å². The number of nitriles is 1. The molecule has 2 saturated heterocycles. The standard InChI is InChI=1S/C37H61N7O8Si2/c1-22(2)30(42-35(46)50-36(11,12)13)34(45)48-32-31-28(18-47-53(23(3)4,24(5)6)52-54(51-31,25(7)8)26(9)10)49-37(32,19-38)29-17-16-27-33(40-21-43(14)15)39-20-41-44(27)29/h16-17,20-26,28,30-32H,18H2,1-15H3,(H,42,46)/t28-,30+,31-,32-,37+/m1/s1/i18D2. The van der Waals surface area contributed by atoms with Gasteiger partial charge in [0, 0.05) is 14.1 Å². The van der Waals surface area contributed by atoms with Gasteiger partial charge in [-0.3, -0.25) is 0 Å². The van der Waals surface area contributed by atoms with Crippen molar-refractivity contribution in [3.8, 4) is 6.07 Å². The van der Waals surface area contributed by atoms with Crippen LogP contribution in [0.5, 0.6) is 0 Å². The van der Waals surface area contributed by atoms with Crippen LogP contribution in [0, 0.1) is 17.2 Å². The number of alkyl carbamates (subject to hydrolysis) is 1. The molecule has 0 aliphatic carbocycles. The lowest BCUT2D eigenvalue weighted by molar-refractivity contribution is -0.163. The van der Waals surface area contributed by atoms with Crippen LogP contribution in [-0.2, 0) is 37.6 Å². The van der Waals surface area contributed by atoms with Crippen LogP contribution in [-0.4, -0.2) is 106 Å². The molecule has 5 atom stereocenters. The van der Waals surface area contributed by atoms with Crippen LogP contribution in [0.15, 0.2) is 23.5 Å². The van der Waals surface area contributed by atoms with E-state index >= 15 is 0 Å². The molecule has 2 aliphatic rings. The first-order chi connectivity index (χ1) is 25.8. The summed E-state index contributed by atoms with van der Waals surface area (Å²) in [6.45, 7) is 21.8. The van der Waals surface area contributed by atoms with Crippen molar-refractivity contribution in [1.29, 1.82) is 5.26 Å². The van der Waals surface area contributed by atoms with E-state index in [4.69, 9.17) is 27.2 Å². The van der Waals surface area contributed by atoms with Gasteiger partial charge in [0.05, 0.1) is 21.3 Å². The first-order valence-electron chi connectivity index (χ1n) is 19.7. The Morgan fingerprint density at radius 2 is 1.70 bits per heavy atom. The van der Waals surface area contributed by atoms with Crippen LogP contribution < -0.4 is 5.32 Å². The molecule has 1 N–H and O–H groups in total. The number of carbonyl (C=O) groups excluding carboxylic acids is 2. The van der Waals surface area contributed by atoms with Gasteiger partial charge in [-0.05, 0) is 61.0 Å². The lowest BCUT2D eigenvalue weighted by Crippen LogP contribution is -2.66. The van der Waals surface area contributed by atoms with Gasteiger partial charge in [0.25, 0.3) is 0 Å². The van der Waals surface area contributed by atoms with Crippen LogP contribution in [0.1, 0.15) is 98.4 Å². The first-order valence-corrected chi connectivity index (χ1v) is 22.6. The molecule has 0 aromatic carbocycles. The summed E-state index contributed by atoms with van der Waals surface area (Å²) in [6.07, 6.45) is -2.66. The summed E-state index contributed by atoms with van der Waals surface area (Å²) in [5, 5.41) is 18.5. The lowest BCUT2D eigenvalue weighted by atomic mass is 9.92. The van der Waals surface area contributed by atoms with Crippen molar-refractivity contribution in [2.75, 3.05) is 20.7 Å². The van der Waals surface area contributed by atoms with E-state index in [-0.39, 0.29) is 33.7 Å². The summed E-state index contributed by atoms with van der Waals surface area (Å²) in [4.78, 5) is 38.0. The Hall–Kier alpha value is -3.41. The highest BCUT2D eigenvalue weighted by Gasteiger charge is 2.67. The van der Waals surface area contributed by atoms with E-state index in [0.717, 1.165) is 0 Å². The molecule has 2 aromatic rings. The summed E-state index contributed by atoms with van der Waals surface area (Å²) >= 11 is 0. The summed E-state index contributed by atoms with van der Waals surface area (Å²) in [5.41, 5.74) is -3.40. The van der Waals surface area contributed by atoms with Crippen molar-refractivity contribution in [2.24, 2.45) is 10.9 Å². The zero-order valence-electron chi connectivity index (χ0n) is 36.5. The molecule has 15 nitrogen and oxygen atoms in total. The van der Waals surface area contributed by atoms with Crippen LogP contribution in [0.3, 0.4) is 0 Å². The second-order valence-corrected chi connectivity index (χ2v) is 25.6. The van der Waals surface area contributed by atoms with Crippen molar-refractivity contribution in [1.82, 2.24) is 24.8 Å². The summed E-state index contributed by atoms with van der Waals surface area (Å²) in [5.74, 6) is -1.12. The monoisotopic (exact) mass is 789 g/mol. The Balaban J connectivity index is 2.03. The van der Waals surface area contributed by atoms with Crippen LogP contribution in [0.4, 0.5) is 10.6 Å². The van der Waals surface area contributed by atoms with E-state index in [9.17, 15) is 17.6 Å². The number of aliphatic imine (C=N–C) groups is 1. The maximum Gasteiger partial charge on any atom is 0.408 e. The highest BCUT2D eigenvalue weighted by Crippen LogP contribution is 2.51. The van der Waals surface area contributed by atoms with E-state index in [1.165, 1.54) is 10.8 Å². The fourth-order valence-electron chi connectivity index (χ4n) is 7.01. The third-order valence-corrected chi connectivity index (χ3v) is 19.8. The maximum atomic E-state index is 14.5. The molecular weight excluding hydrogens is 727 g/mol. The Kier molecular flexibility index (Phi) is 12.2. The maximum absolute atomic E-state index is 14.5. The topological polar surface area (TPSA) is 171 Å². The Labute approximate surface area is 325 Å². The van der Waals surface area contributed by atoms with Crippen molar-refractivity contribution < 1.29 is 39.5 Å². The third kappa shape index (κ3) is 8.38. The van der Waals surface area contributed by atoms with Gasteiger partial charge < -0.3 is 37.4 Å². The Morgan fingerprint density at radius 1 is 1.09 bits per heavy atom. The van der Waals surface area contributed by atoms with Gasteiger partial charge in [0.15, 0.2) is 11.9 Å². The minimum Gasteiger partial charge on any atom is -0.453 e. The quantitative estimate of drug-likeness (QED) is 0.114. The van der Waals surface area contributed by atoms with Gasteiger partial charge in [0.2, 0.25) is 5.60 Å². The van der Waals surface area contributed by atoms with Gasteiger partial charge in [-0.15, -0.1) is 0 Å². The van der Waals surface area contributed by atoms with Crippen molar-refractivity contribution >= 4 is 46.9 Å². The molecule has 0 bridgehead atoms. The van der Waals surface area contributed by atoms with E-state index in [1.54, 1.807) is 58.0 Å². The van der Waals surface area contributed by atoms with E-state index in [0.29, 0.717) is 5.52 Å². The number of nitrogens with one attached hydrogen (secondary N) is 1. The predicted octanol–water partition coefficient (Wildman–Crippen LogP) is 6.49. The number of ether oxygens (including phenoxy) is 3. The molecule has 2 fully saturated rings. The molecular formula is C37H61N7O8Si2. The molecule has 4 heterocycles.